The van der Waals surface area contributed by atoms with Crippen molar-refractivity contribution >= 4 is 35.0 Å². The van der Waals surface area contributed by atoms with Gasteiger partial charge in [0.1, 0.15) is 5.75 Å². The molecule has 2 aromatic carbocycles. The van der Waals surface area contributed by atoms with Gasteiger partial charge in [0.25, 0.3) is 0 Å². The van der Waals surface area contributed by atoms with Crippen molar-refractivity contribution < 1.29 is 14.3 Å². The molecular formula is C22H28N2O3S. The number of rotatable bonds is 9. The van der Waals surface area contributed by atoms with E-state index >= 15 is 0 Å². The van der Waals surface area contributed by atoms with E-state index < -0.39 is 0 Å². The van der Waals surface area contributed by atoms with Gasteiger partial charge in [-0.1, -0.05) is 44.2 Å². The van der Waals surface area contributed by atoms with Crippen molar-refractivity contribution in [3.63, 3.8) is 0 Å². The van der Waals surface area contributed by atoms with Crippen LogP contribution in [-0.4, -0.2) is 29.9 Å². The smallest absolute Gasteiger partial charge is 0.234 e. The highest BCUT2D eigenvalue weighted by atomic mass is 32.2. The molecule has 0 aliphatic carbocycles. The van der Waals surface area contributed by atoms with Crippen molar-refractivity contribution in [3.8, 4) is 5.75 Å². The van der Waals surface area contributed by atoms with Crippen LogP contribution in [0.3, 0.4) is 0 Å². The average molecular weight is 401 g/mol. The van der Waals surface area contributed by atoms with Gasteiger partial charge in [0, 0.05) is 5.69 Å². The molecule has 0 heterocycles. The van der Waals surface area contributed by atoms with E-state index in [0.29, 0.717) is 24.0 Å². The van der Waals surface area contributed by atoms with Crippen molar-refractivity contribution in [2.75, 3.05) is 28.7 Å². The summed E-state index contributed by atoms with van der Waals surface area (Å²) in [4.78, 5) is 24.5. The van der Waals surface area contributed by atoms with Crippen molar-refractivity contribution in [1.29, 1.82) is 0 Å². The molecule has 0 saturated carbocycles. The maximum atomic E-state index is 12.3. The first-order chi connectivity index (χ1) is 13.4. The lowest BCUT2D eigenvalue weighted by atomic mass is 9.98. The molecule has 0 aromatic heterocycles. The molecule has 28 heavy (non-hydrogen) atoms. The standard InChI is InChI=1S/C22H28N2O3S/c1-5-27-19-12-7-6-11-18(19)23-20(25)13-28-14-21(26)24-22-16(4)9-8-10-17(22)15(2)3/h6-12,15H,5,13-14H2,1-4H3,(H,23,25)(H,24,26). The van der Waals surface area contributed by atoms with Gasteiger partial charge in [0.15, 0.2) is 0 Å². The molecule has 5 nitrogen and oxygen atoms in total. The molecule has 2 N–H and O–H groups in total. The number of benzene rings is 2. The van der Waals surface area contributed by atoms with Crippen molar-refractivity contribution in [1.82, 2.24) is 0 Å². The first-order valence-corrected chi connectivity index (χ1v) is 10.6. The zero-order chi connectivity index (χ0) is 20.5. The third-order valence-corrected chi connectivity index (χ3v) is 5.05. The highest BCUT2D eigenvalue weighted by Gasteiger charge is 2.13. The first-order valence-electron chi connectivity index (χ1n) is 9.41. The summed E-state index contributed by atoms with van der Waals surface area (Å²) in [5.41, 5.74) is 3.66. The Hall–Kier alpha value is -2.47. The SMILES string of the molecule is CCOc1ccccc1NC(=O)CSCC(=O)Nc1c(C)cccc1C(C)C. The molecule has 0 bridgehead atoms. The highest BCUT2D eigenvalue weighted by Crippen LogP contribution is 2.27. The number of amides is 2. The number of carbonyl (C=O) groups is 2. The molecular weight excluding hydrogens is 372 g/mol. The van der Waals surface area contributed by atoms with Gasteiger partial charge in [0.2, 0.25) is 11.8 Å². The van der Waals surface area contributed by atoms with Crippen LogP contribution in [0, 0.1) is 6.92 Å². The number of hydrogen-bond donors (Lipinski definition) is 2. The Kier molecular flexibility index (Phi) is 8.39. The zero-order valence-electron chi connectivity index (χ0n) is 16.9. The minimum atomic E-state index is -0.163. The van der Waals surface area contributed by atoms with Crippen molar-refractivity contribution in [3.05, 3.63) is 53.6 Å². The molecule has 0 fully saturated rings. The summed E-state index contributed by atoms with van der Waals surface area (Å²) in [6, 6.07) is 13.3. The second-order valence-corrected chi connectivity index (χ2v) is 7.70. The van der Waals surface area contributed by atoms with Crippen LogP contribution < -0.4 is 15.4 Å². The molecule has 0 radical (unpaired) electrons. The van der Waals surface area contributed by atoms with E-state index in [1.54, 1.807) is 6.07 Å². The largest absolute Gasteiger partial charge is 0.492 e. The summed E-state index contributed by atoms with van der Waals surface area (Å²) in [6.07, 6.45) is 0. The van der Waals surface area contributed by atoms with E-state index in [2.05, 4.69) is 24.5 Å². The number of nitrogens with one attached hydrogen (secondary N) is 2. The third kappa shape index (κ3) is 6.30. The Morgan fingerprint density at radius 3 is 2.36 bits per heavy atom. The lowest BCUT2D eigenvalue weighted by molar-refractivity contribution is -0.114. The zero-order valence-corrected chi connectivity index (χ0v) is 17.7. The van der Waals surface area contributed by atoms with Crippen LogP contribution >= 0.6 is 11.8 Å². The van der Waals surface area contributed by atoms with Gasteiger partial charge >= 0.3 is 0 Å². The summed E-state index contributed by atoms with van der Waals surface area (Å²) in [5, 5.41) is 5.83. The Morgan fingerprint density at radius 2 is 1.68 bits per heavy atom. The summed E-state index contributed by atoms with van der Waals surface area (Å²) in [7, 11) is 0. The predicted molar refractivity (Wildman–Crippen MR) is 117 cm³/mol. The lowest BCUT2D eigenvalue weighted by Crippen LogP contribution is -2.20. The molecule has 0 atom stereocenters. The third-order valence-electron chi connectivity index (χ3n) is 4.12. The van der Waals surface area contributed by atoms with Crippen LogP contribution in [-0.2, 0) is 9.59 Å². The molecule has 150 valence electrons. The second-order valence-electron chi connectivity index (χ2n) is 6.71. The van der Waals surface area contributed by atoms with Crippen LogP contribution in [0.5, 0.6) is 5.75 Å². The van der Waals surface area contributed by atoms with Crippen LogP contribution in [0.4, 0.5) is 11.4 Å². The molecule has 2 rings (SSSR count). The van der Waals surface area contributed by atoms with E-state index in [9.17, 15) is 9.59 Å². The summed E-state index contributed by atoms with van der Waals surface area (Å²) in [6.45, 7) is 8.61. The maximum Gasteiger partial charge on any atom is 0.234 e. The van der Waals surface area contributed by atoms with Gasteiger partial charge in [0.05, 0.1) is 23.8 Å². The molecule has 6 heteroatoms. The van der Waals surface area contributed by atoms with Crippen LogP contribution in [0.1, 0.15) is 37.8 Å². The average Bonchev–Trinajstić information content (AvgIpc) is 2.65. The van der Waals surface area contributed by atoms with E-state index in [1.807, 2.05) is 50.2 Å². The minimum absolute atomic E-state index is 0.108. The van der Waals surface area contributed by atoms with Gasteiger partial charge in [-0.2, -0.15) is 0 Å². The van der Waals surface area contributed by atoms with Gasteiger partial charge < -0.3 is 15.4 Å². The lowest BCUT2D eigenvalue weighted by Gasteiger charge is -2.16. The highest BCUT2D eigenvalue weighted by molar-refractivity contribution is 8.00. The Bertz CT molecular complexity index is 821. The number of thioether (sulfide) groups is 1. The van der Waals surface area contributed by atoms with E-state index in [0.717, 1.165) is 16.8 Å². The summed E-state index contributed by atoms with van der Waals surface area (Å²) in [5.74, 6) is 1.10. The van der Waals surface area contributed by atoms with Crippen LogP contribution in [0.2, 0.25) is 0 Å². The Balaban J connectivity index is 1.85. The molecule has 0 spiro atoms. The number of ether oxygens (including phenoxy) is 1. The van der Waals surface area contributed by atoms with Gasteiger partial charge in [-0.25, -0.2) is 0 Å². The Labute approximate surface area is 171 Å². The van der Waals surface area contributed by atoms with Crippen LogP contribution in [0.25, 0.3) is 0 Å². The Morgan fingerprint density at radius 1 is 1.00 bits per heavy atom. The number of para-hydroxylation sites is 3. The second kappa shape index (κ2) is 10.8. The number of carbonyl (C=O) groups excluding carboxylic acids is 2. The normalized spacial score (nSPS) is 10.6. The minimum Gasteiger partial charge on any atom is -0.492 e. The van der Waals surface area contributed by atoms with E-state index in [4.69, 9.17) is 4.74 Å². The maximum absolute atomic E-state index is 12.3. The summed E-state index contributed by atoms with van der Waals surface area (Å²) >= 11 is 1.28. The van der Waals surface area contributed by atoms with Gasteiger partial charge in [-0.3, -0.25) is 9.59 Å². The molecule has 2 aromatic rings. The summed E-state index contributed by atoms with van der Waals surface area (Å²) < 4.78 is 5.50. The number of aryl methyl sites for hydroxylation is 1. The molecule has 0 aliphatic rings. The van der Waals surface area contributed by atoms with Gasteiger partial charge in [-0.15, -0.1) is 11.8 Å². The number of anilines is 2. The fourth-order valence-corrected chi connectivity index (χ4v) is 3.41. The van der Waals surface area contributed by atoms with Gasteiger partial charge in [-0.05, 0) is 43.0 Å². The topological polar surface area (TPSA) is 67.4 Å². The monoisotopic (exact) mass is 400 g/mol. The van der Waals surface area contributed by atoms with E-state index in [1.165, 1.54) is 11.8 Å². The van der Waals surface area contributed by atoms with Crippen molar-refractivity contribution in [2.24, 2.45) is 0 Å². The molecule has 0 unspecified atom stereocenters. The fraction of sp³-hybridized carbons (Fsp3) is 0.364. The molecule has 0 aliphatic heterocycles. The fourth-order valence-electron chi connectivity index (χ4n) is 2.79. The quantitative estimate of drug-likeness (QED) is 0.633. The first kappa shape index (κ1) is 21.8. The molecule has 0 saturated heterocycles. The van der Waals surface area contributed by atoms with E-state index in [-0.39, 0.29) is 23.3 Å². The predicted octanol–water partition coefficient (Wildman–Crippen LogP) is 4.83. The number of hydrogen-bond acceptors (Lipinski definition) is 4. The van der Waals surface area contributed by atoms with Crippen molar-refractivity contribution in [2.45, 2.75) is 33.6 Å². The molecule has 2 amide bonds. The van der Waals surface area contributed by atoms with Crippen LogP contribution in [0.15, 0.2) is 42.5 Å².